The van der Waals surface area contributed by atoms with Crippen LogP contribution in [0.5, 0.6) is 0 Å². The molecule has 3 atom stereocenters. The molecule has 0 radical (unpaired) electrons. The van der Waals surface area contributed by atoms with E-state index >= 15 is 0 Å². The molecule has 2 aliphatic rings. The summed E-state index contributed by atoms with van der Waals surface area (Å²) in [4.78, 5) is 2.36. The van der Waals surface area contributed by atoms with Gasteiger partial charge in [0.15, 0.2) is 5.82 Å². The van der Waals surface area contributed by atoms with Gasteiger partial charge in [-0.3, -0.25) is 4.90 Å². The molecule has 4 heteroatoms. The third kappa shape index (κ3) is 4.18. The number of allylic oxidation sites excluding steroid dienone is 2. The molecular weight excluding hydrogens is 663 g/mol. The van der Waals surface area contributed by atoms with Crippen LogP contribution in [0.2, 0.25) is 0 Å². The van der Waals surface area contributed by atoms with Gasteiger partial charge >= 0.3 is 0 Å². The highest BCUT2D eigenvalue weighted by molar-refractivity contribution is 7.25. The summed E-state index contributed by atoms with van der Waals surface area (Å²) in [6.45, 7) is 4.53. The first-order valence-electron chi connectivity index (χ1n) is 18.7. The second-order valence-electron chi connectivity index (χ2n) is 14.6. The maximum atomic E-state index is 5.36. The Balaban J connectivity index is 1.18. The Bertz CT molecular complexity index is 2940. The lowest BCUT2D eigenvalue weighted by atomic mass is 9.66. The molecule has 3 aromatic heterocycles. The molecule has 2 aliphatic carbocycles. The molecule has 0 saturated carbocycles. The summed E-state index contributed by atoms with van der Waals surface area (Å²) in [6, 6.07) is 56.4. The Morgan fingerprint density at radius 3 is 2.32 bits per heavy atom. The fourth-order valence-corrected chi connectivity index (χ4v) is 11.1. The number of aromatic nitrogens is 2. The van der Waals surface area contributed by atoms with Crippen LogP contribution in [0, 0.1) is 5.92 Å². The maximum Gasteiger partial charge on any atom is 0.160 e. The largest absolute Gasteiger partial charge is 0.294 e. The summed E-state index contributed by atoms with van der Waals surface area (Å²) in [5, 5.41) is 9.09. The van der Waals surface area contributed by atoms with Gasteiger partial charge in [0.2, 0.25) is 0 Å². The van der Waals surface area contributed by atoms with Crippen LogP contribution in [-0.4, -0.2) is 9.61 Å². The first-order valence-corrected chi connectivity index (χ1v) is 19.6. The van der Waals surface area contributed by atoms with E-state index in [-0.39, 0.29) is 5.41 Å². The van der Waals surface area contributed by atoms with Crippen molar-refractivity contribution in [3.63, 3.8) is 0 Å². The zero-order valence-corrected chi connectivity index (χ0v) is 30.5. The molecule has 3 heterocycles. The van der Waals surface area contributed by atoms with Gasteiger partial charge in [-0.05, 0) is 101 Å². The van der Waals surface area contributed by atoms with Crippen molar-refractivity contribution in [3.05, 3.63) is 186 Å². The van der Waals surface area contributed by atoms with E-state index in [2.05, 4.69) is 187 Å². The van der Waals surface area contributed by atoms with Crippen molar-refractivity contribution in [2.24, 2.45) is 5.92 Å². The van der Waals surface area contributed by atoms with Gasteiger partial charge in [0.05, 0.1) is 16.4 Å². The van der Waals surface area contributed by atoms with Gasteiger partial charge in [0.25, 0.3) is 0 Å². The zero-order valence-electron chi connectivity index (χ0n) is 29.7. The number of rotatable bonds is 5. The fraction of sp³-hybridized carbons (Fsp3) is 0.122. The summed E-state index contributed by atoms with van der Waals surface area (Å²) < 4.78 is 4.69. The highest BCUT2D eigenvalue weighted by Gasteiger charge is 2.56. The molecule has 53 heavy (non-hydrogen) atoms. The van der Waals surface area contributed by atoms with E-state index in [1.165, 1.54) is 58.9 Å². The molecule has 6 aromatic carbocycles. The molecule has 254 valence electrons. The highest BCUT2D eigenvalue weighted by Crippen LogP contribution is 2.65. The zero-order chi connectivity index (χ0) is 35.3. The van der Waals surface area contributed by atoms with Crippen molar-refractivity contribution < 1.29 is 0 Å². The van der Waals surface area contributed by atoms with Crippen LogP contribution in [0.3, 0.4) is 0 Å². The monoisotopic (exact) mass is 699 g/mol. The number of hydrogen-bond acceptors (Lipinski definition) is 3. The lowest BCUT2D eigenvalue weighted by Crippen LogP contribution is -2.32. The first-order chi connectivity index (χ1) is 26.2. The SMILES string of the molecule is C/C=C\C1C(CC)c2ccccc2C12c1ccccc1-c1cc(N(c3ccc4sc5ccccc5c4c3)c3cc4ccc5ccccc5n4n3)ccc12. The van der Waals surface area contributed by atoms with Gasteiger partial charge in [0, 0.05) is 48.9 Å². The van der Waals surface area contributed by atoms with E-state index in [0.29, 0.717) is 11.8 Å². The minimum Gasteiger partial charge on any atom is -0.294 e. The molecule has 3 unspecified atom stereocenters. The Labute approximate surface area is 313 Å². The number of nitrogens with zero attached hydrogens (tertiary/aromatic N) is 3. The summed E-state index contributed by atoms with van der Waals surface area (Å²) >= 11 is 1.85. The Morgan fingerprint density at radius 2 is 1.42 bits per heavy atom. The van der Waals surface area contributed by atoms with Crippen molar-refractivity contribution >= 4 is 65.1 Å². The molecule has 0 fully saturated rings. The number of benzene rings is 6. The Morgan fingerprint density at radius 1 is 0.679 bits per heavy atom. The number of para-hydroxylation sites is 1. The van der Waals surface area contributed by atoms with E-state index in [0.717, 1.165) is 34.6 Å². The van der Waals surface area contributed by atoms with Crippen LogP contribution >= 0.6 is 11.3 Å². The van der Waals surface area contributed by atoms with Gasteiger partial charge in [-0.2, -0.15) is 0 Å². The van der Waals surface area contributed by atoms with E-state index < -0.39 is 0 Å². The number of pyridine rings is 1. The predicted octanol–water partition coefficient (Wildman–Crippen LogP) is 13.3. The number of thiophene rings is 1. The van der Waals surface area contributed by atoms with Crippen molar-refractivity contribution in [2.75, 3.05) is 4.90 Å². The normalized spacial score (nSPS) is 18.8. The van der Waals surface area contributed by atoms with Crippen molar-refractivity contribution in [2.45, 2.75) is 31.6 Å². The fourth-order valence-electron chi connectivity index (χ4n) is 9.97. The number of anilines is 3. The number of fused-ring (bicyclic) bond motifs is 13. The smallest absolute Gasteiger partial charge is 0.160 e. The molecule has 9 aromatic rings. The van der Waals surface area contributed by atoms with Crippen molar-refractivity contribution in [3.8, 4) is 11.1 Å². The van der Waals surface area contributed by atoms with E-state index in [1.807, 2.05) is 11.3 Å². The second kappa shape index (κ2) is 11.5. The summed E-state index contributed by atoms with van der Waals surface area (Å²) in [5.41, 5.74) is 12.5. The first kappa shape index (κ1) is 30.6. The molecule has 0 N–H and O–H groups in total. The van der Waals surface area contributed by atoms with Gasteiger partial charge in [-0.1, -0.05) is 116 Å². The molecular formula is C49H37N3S. The Kier molecular flexibility index (Phi) is 6.66. The molecule has 0 bridgehead atoms. The van der Waals surface area contributed by atoms with Crippen LogP contribution in [-0.2, 0) is 5.41 Å². The van der Waals surface area contributed by atoms with Gasteiger partial charge in [-0.25, -0.2) is 4.52 Å². The van der Waals surface area contributed by atoms with Crippen LogP contribution in [0.1, 0.15) is 48.4 Å². The highest BCUT2D eigenvalue weighted by atomic mass is 32.1. The quantitative estimate of drug-likeness (QED) is 0.167. The lowest BCUT2D eigenvalue weighted by Gasteiger charge is -2.36. The van der Waals surface area contributed by atoms with Crippen LogP contribution in [0.25, 0.3) is 47.7 Å². The molecule has 3 nitrogen and oxygen atoms in total. The predicted molar refractivity (Wildman–Crippen MR) is 223 cm³/mol. The van der Waals surface area contributed by atoms with E-state index in [9.17, 15) is 0 Å². The third-order valence-corrected chi connectivity index (χ3v) is 13.2. The average molecular weight is 700 g/mol. The van der Waals surface area contributed by atoms with Gasteiger partial charge in [-0.15, -0.1) is 16.4 Å². The lowest BCUT2D eigenvalue weighted by molar-refractivity contribution is 0.420. The summed E-state index contributed by atoms with van der Waals surface area (Å²) in [6.07, 6.45) is 5.86. The molecule has 0 saturated heterocycles. The summed E-state index contributed by atoms with van der Waals surface area (Å²) in [7, 11) is 0. The summed E-state index contributed by atoms with van der Waals surface area (Å²) in [5.74, 6) is 1.66. The molecule has 11 rings (SSSR count). The second-order valence-corrected chi connectivity index (χ2v) is 15.7. The maximum absolute atomic E-state index is 5.36. The average Bonchev–Trinajstić information content (AvgIpc) is 3.95. The van der Waals surface area contributed by atoms with Crippen molar-refractivity contribution in [1.82, 2.24) is 9.61 Å². The van der Waals surface area contributed by atoms with Crippen LogP contribution in [0.15, 0.2) is 164 Å². The molecule has 0 amide bonds. The molecule has 1 spiro atoms. The third-order valence-electron chi connectivity index (χ3n) is 12.1. The van der Waals surface area contributed by atoms with Gasteiger partial charge in [0.1, 0.15) is 0 Å². The van der Waals surface area contributed by atoms with Gasteiger partial charge < -0.3 is 0 Å². The van der Waals surface area contributed by atoms with Crippen molar-refractivity contribution in [1.29, 1.82) is 0 Å². The van der Waals surface area contributed by atoms with Crippen LogP contribution < -0.4 is 4.90 Å². The molecule has 0 aliphatic heterocycles. The minimum atomic E-state index is -0.254. The Hall–Kier alpha value is -5.97. The topological polar surface area (TPSA) is 20.5 Å². The van der Waals surface area contributed by atoms with E-state index in [1.54, 1.807) is 0 Å². The standard InChI is InChI=1S/C49H37N3S/c1-3-13-41-35(4-2)36-15-6-9-18-42(36)49(41)43-19-10-7-16-37(43)39-28-32(24-26-44(39)49)51(33-25-27-47-40(29-33)38-17-8-12-21-46(38)53-47)48-30-34-23-22-31-14-5-11-20-45(31)52(34)50-48/h3,5-30,35,41H,4H2,1-2H3/b13-3-. The minimum absolute atomic E-state index is 0.254. The van der Waals surface area contributed by atoms with Crippen LogP contribution in [0.4, 0.5) is 17.2 Å². The van der Waals surface area contributed by atoms with E-state index in [4.69, 9.17) is 5.10 Å². The number of hydrogen-bond donors (Lipinski definition) is 0.